The first-order valence-corrected chi connectivity index (χ1v) is 9.07. The molecule has 0 saturated carbocycles. The number of hydrogen-bond donors (Lipinski definition) is 1. The second-order valence-corrected chi connectivity index (χ2v) is 11.0. The van der Waals surface area contributed by atoms with Crippen LogP contribution < -0.4 is 0 Å². The van der Waals surface area contributed by atoms with Crippen molar-refractivity contribution in [1.29, 1.82) is 0 Å². The van der Waals surface area contributed by atoms with Gasteiger partial charge in [0, 0.05) is 13.0 Å². The molecule has 0 amide bonds. The summed E-state index contributed by atoms with van der Waals surface area (Å²) < 4.78 is 11.9. The molecule has 2 atom stereocenters. The van der Waals surface area contributed by atoms with Gasteiger partial charge in [-0.1, -0.05) is 20.8 Å². The lowest BCUT2D eigenvalue weighted by Crippen LogP contribution is -2.44. The van der Waals surface area contributed by atoms with E-state index in [1.807, 2.05) is 0 Å². The van der Waals surface area contributed by atoms with E-state index < -0.39 is 8.32 Å². The smallest absolute Gasteiger partial charge is 0.192 e. The number of rotatable bonds is 4. The highest BCUT2D eigenvalue weighted by Crippen LogP contribution is 2.38. The molecule has 2 unspecified atom stereocenters. The molecular formula is C12H26O3Si. The van der Waals surface area contributed by atoms with Gasteiger partial charge in [0.25, 0.3) is 0 Å². The SMILES string of the molecule is CC(C)(C)[Si](C)(C)OC1COC(CCO)C1. The van der Waals surface area contributed by atoms with Crippen LogP contribution in [-0.2, 0) is 9.16 Å². The quantitative estimate of drug-likeness (QED) is 0.775. The van der Waals surface area contributed by atoms with Crippen LogP contribution in [0.5, 0.6) is 0 Å². The summed E-state index contributed by atoms with van der Waals surface area (Å²) in [5.74, 6) is 0. The first-order valence-electron chi connectivity index (χ1n) is 6.16. The lowest BCUT2D eigenvalue weighted by Gasteiger charge is -2.38. The first kappa shape index (κ1) is 14.2. The second kappa shape index (κ2) is 5.17. The molecule has 1 N–H and O–H groups in total. The van der Waals surface area contributed by atoms with Crippen molar-refractivity contribution in [2.75, 3.05) is 13.2 Å². The molecule has 96 valence electrons. The zero-order chi connectivity index (χ0) is 12.4. The second-order valence-electron chi connectivity index (χ2n) is 6.20. The molecule has 1 aliphatic rings. The monoisotopic (exact) mass is 246 g/mol. The molecule has 1 rings (SSSR count). The van der Waals surface area contributed by atoms with Crippen LogP contribution >= 0.6 is 0 Å². The van der Waals surface area contributed by atoms with Gasteiger partial charge in [-0.2, -0.15) is 0 Å². The summed E-state index contributed by atoms with van der Waals surface area (Å²) >= 11 is 0. The number of hydrogen-bond acceptors (Lipinski definition) is 3. The third-order valence-electron chi connectivity index (χ3n) is 3.76. The van der Waals surface area contributed by atoms with Crippen molar-refractivity contribution in [3.05, 3.63) is 0 Å². The van der Waals surface area contributed by atoms with Gasteiger partial charge in [-0.15, -0.1) is 0 Å². The van der Waals surface area contributed by atoms with E-state index in [0.29, 0.717) is 6.61 Å². The zero-order valence-electron chi connectivity index (χ0n) is 11.2. The lowest BCUT2D eigenvalue weighted by molar-refractivity contribution is 0.0747. The van der Waals surface area contributed by atoms with Crippen LogP contribution in [0.1, 0.15) is 33.6 Å². The van der Waals surface area contributed by atoms with Crippen LogP contribution in [0.15, 0.2) is 0 Å². The van der Waals surface area contributed by atoms with E-state index in [-0.39, 0.29) is 23.9 Å². The molecule has 0 aromatic carbocycles. The molecule has 4 heteroatoms. The Morgan fingerprint density at radius 2 is 2.00 bits per heavy atom. The van der Waals surface area contributed by atoms with Crippen LogP contribution in [0.2, 0.25) is 18.1 Å². The van der Waals surface area contributed by atoms with Crippen molar-refractivity contribution in [1.82, 2.24) is 0 Å². The van der Waals surface area contributed by atoms with Gasteiger partial charge in [-0.3, -0.25) is 0 Å². The normalized spacial score (nSPS) is 27.4. The van der Waals surface area contributed by atoms with E-state index in [1.54, 1.807) is 0 Å². The van der Waals surface area contributed by atoms with Gasteiger partial charge in [0.15, 0.2) is 8.32 Å². The third kappa shape index (κ3) is 3.55. The van der Waals surface area contributed by atoms with E-state index in [2.05, 4.69) is 33.9 Å². The van der Waals surface area contributed by atoms with Gasteiger partial charge in [-0.25, -0.2) is 0 Å². The average Bonchev–Trinajstić information content (AvgIpc) is 2.50. The van der Waals surface area contributed by atoms with Crippen molar-refractivity contribution in [2.24, 2.45) is 0 Å². The third-order valence-corrected chi connectivity index (χ3v) is 8.30. The Morgan fingerprint density at radius 1 is 1.38 bits per heavy atom. The minimum absolute atomic E-state index is 0.194. The van der Waals surface area contributed by atoms with Crippen LogP contribution in [-0.4, -0.2) is 38.8 Å². The van der Waals surface area contributed by atoms with Crippen molar-refractivity contribution in [3.8, 4) is 0 Å². The van der Waals surface area contributed by atoms with Crippen LogP contribution in [0.25, 0.3) is 0 Å². The molecule has 0 radical (unpaired) electrons. The number of aliphatic hydroxyl groups is 1. The maximum atomic E-state index is 8.86. The largest absolute Gasteiger partial charge is 0.411 e. The maximum Gasteiger partial charge on any atom is 0.192 e. The van der Waals surface area contributed by atoms with Crippen molar-refractivity contribution in [2.45, 2.75) is 64.0 Å². The molecule has 0 aromatic rings. The average molecular weight is 246 g/mol. The number of ether oxygens (including phenoxy) is 1. The zero-order valence-corrected chi connectivity index (χ0v) is 12.2. The van der Waals surface area contributed by atoms with Crippen LogP contribution in [0.3, 0.4) is 0 Å². The summed E-state index contributed by atoms with van der Waals surface area (Å²) in [5.41, 5.74) is 0. The fourth-order valence-electron chi connectivity index (χ4n) is 1.69. The molecule has 0 aromatic heterocycles. The molecule has 3 nitrogen and oxygen atoms in total. The molecule has 0 bridgehead atoms. The van der Waals surface area contributed by atoms with E-state index in [4.69, 9.17) is 14.3 Å². The number of aliphatic hydroxyl groups excluding tert-OH is 1. The first-order chi connectivity index (χ1) is 7.26. The Hall–Kier alpha value is 0.0969. The van der Waals surface area contributed by atoms with Gasteiger partial charge in [0.05, 0.1) is 18.8 Å². The minimum Gasteiger partial charge on any atom is -0.411 e. The predicted octanol–water partition coefficient (Wildman–Crippen LogP) is 2.55. The Morgan fingerprint density at radius 3 is 2.50 bits per heavy atom. The Balaban J connectivity index is 2.45. The van der Waals surface area contributed by atoms with E-state index in [9.17, 15) is 0 Å². The van der Waals surface area contributed by atoms with Crippen molar-refractivity contribution < 1.29 is 14.3 Å². The molecule has 0 spiro atoms. The van der Waals surface area contributed by atoms with E-state index in [0.717, 1.165) is 12.8 Å². The Labute approximate surface area is 100 Å². The molecule has 0 aliphatic carbocycles. The summed E-state index contributed by atoms with van der Waals surface area (Å²) in [6.07, 6.45) is 2.10. The predicted molar refractivity (Wildman–Crippen MR) is 68.1 cm³/mol. The molecule has 1 heterocycles. The molecule has 1 saturated heterocycles. The van der Waals surface area contributed by atoms with Gasteiger partial charge in [0.2, 0.25) is 0 Å². The minimum atomic E-state index is -1.66. The fraction of sp³-hybridized carbons (Fsp3) is 1.00. The topological polar surface area (TPSA) is 38.7 Å². The van der Waals surface area contributed by atoms with E-state index >= 15 is 0 Å². The fourth-order valence-corrected chi connectivity index (χ4v) is 3.04. The highest BCUT2D eigenvalue weighted by Gasteiger charge is 2.40. The Kier molecular flexibility index (Phi) is 4.57. The van der Waals surface area contributed by atoms with Gasteiger partial charge < -0.3 is 14.3 Å². The van der Waals surface area contributed by atoms with Crippen LogP contribution in [0, 0.1) is 0 Å². The van der Waals surface area contributed by atoms with E-state index in [1.165, 1.54) is 0 Å². The lowest BCUT2D eigenvalue weighted by atomic mass is 10.2. The summed E-state index contributed by atoms with van der Waals surface area (Å²) in [6.45, 7) is 12.2. The van der Waals surface area contributed by atoms with Gasteiger partial charge >= 0.3 is 0 Å². The molecule has 16 heavy (non-hydrogen) atoms. The summed E-state index contributed by atoms with van der Waals surface area (Å²) in [4.78, 5) is 0. The maximum absolute atomic E-state index is 8.86. The Bertz CT molecular complexity index is 223. The molecule has 1 aliphatic heterocycles. The summed E-state index contributed by atoms with van der Waals surface area (Å²) in [6, 6.07) is 0. The van der Waals surface area contributed by atoms with Crippen molar-refractivity contribution >= 4 is 8.32 Å². The molecule has 1 fully saturated rings. The van der Waals surface area contributed by atoms with Gasteiger partial charge in [0.1, 0.15) is 0 Å². The van der Waals surface area contributed by atoms with Crippen molar-refractivity contribution in [3.63, 3.8) is 0 Å². The summed E-state index contributed by atoms with van der Waals surface area (Å²) in [7, 11) is -1.66. The standard InChI is InChI=1S/C12H26O3Si/c1-12(2,3)16(4,5)15-11-8-10(6-7-13)14-9-11/h10-11,13H,6-9H2,1-5H3. The highest BCUT2D eigenvalue weighted by atomic mass is 28.4. The molecular weight excluding hydrogens is 220 g/mol. The van der Waals surface area contributed by atoms with Gasteiger partial charge in [-0.05, 0) is 24.6 Å². The summed E-state index contributed by atoms with van der Waals surface area (Å²) in [5, 5.41) is 9.11. The van der Waals surface area contributed by atoms with Crippen LogP contribution in [0.4, 0.5) is 0 Å². The highest BCUT2D eigenvalue weighted by molar-refractivity contribution is 6.74.